The number of ether oxygens (including phenoxy) is 1. The molecule has 2 fully saturated rings. The number of benzene rings is 1. The summed E-state index contributed by atoms with van der Waals surface area (Å²) in [7, 11) is 7.85. The summed E-state index contributed by atoms with van der Waals surface area (Å²) < 4.78 is 9.15. The number of imidazole rings is 1. The number of aryl methyl sites for hydroxylation is 1. The van der Waals surface area contributed by atoms with Crippen LogP contribution in [-0.4, -0.2) is 70.9 Å². The van der Waals surface area contributed by atoms with Gasteiger partial charge < -0.3 is 14.5 Å². The molecule has 188 valence electrons. The smallest absolute Gasteiger partial charge is 0.329 e. The highest BCUT2D eigenvalue weighted by atomic mass is 16.5. The summed E-state index contributed by atoms with van der Waals surface area (Å²) in [6, 6.07) is 10.7. The highest BCUT2D eigenvalue weighted by molar-refractivity contribution is 6.04. The standard InChI is InChI=1S/C28H34N6O2/c1-31(2)16-18-9-10-33(17-18)26-8-6-20(14-30-26)19-5-7-24-23(11-19)27-25(15-29-24)32(3)28(35)34(27)21-12-22(13-21)36-4/h5-8,11,14-15,18,21-22H,9-10,12-13,16-17H2,1-4H3/t18-,21-,22-/m0/s1. The lowest BCUT2D eigenvalue weighted by atomic mass is 9.89. The number of rotatable bonds is 6. The van der Waals surface area contributed by atoms with Gasteiger partial charge in [0.05, 0.1) is 28.9 Å². The molecule has 2 aliphatic rings. The molecule has 1 aliphatic heterocycles. The summed E-state index contributed by atoms with van der Waals surface area (Å²) in [5.41, 5.74) is 4.86. The highest BCUT2D eigenvalue weighted by Crippen LogP contribution is 2.37. The van der Waals surface area contributed by atoms with E-state index in [1.165, 1.54) is 6.42 Å². The van der Waals surface area contributed by atoms with E-state index in [-0.39, 0.29) is 17.8 Å². The molecule has 0 unspecified atom stereocenters. The molecule has 8 nitrogen and oxygen atoms in total. The highest BCUT2D eigenvalue weighted by Gasteiger charge is 2.33. The maximum atomic E-state index is 13.2. The van der Waals surface area contributed by atoms with E-state index >= 15 is 0 Å². The van der Waals surface area contributed by atoms with Crippen molar-refractivity contribution in [1.29, 1.82) is 0 Å². The van der Waals surface area contributed by atoms with Crippen LogP contribution in [0.1, 0.15) is 25.3 Å². The molecule has 36 heavy (non-hydrogen) atoms. The van der Waals surface area contributed by atoms with Crippen molar-refractivity contribution in [3.63, 3.8) is 0 Å². The molecule has 1 saturated carbocycles. The number of nitrogens with zero attached hydrogens (tertiary/aromatic N) is 6. The Labute approximate surface area is 211 Å². The zero-order valence-corrected chi connectivity index (χ0v) is 21.5. The summed E-state index contributed by atoms with van der Waals surface area (Å²) >= 11 is 0. The fourth-order valence-corrected chi connectivity index (χ4v) is 5.94. The zero-order valence-electron chi connectivity index (χ0n) is 21.5. The lowest BCUT2D eigenvalue weighted by Crippen LogP contribution is -2.37. The average Bonchev–Trinajstić information content (AvgIpc) is 3.41. The Morgan fingerprint density at radius 2 is 1.89 bits per heavy atom. The molecule has 1 aromatic carbocycles. The molecular formula is C28H34N6O2. The van der Waals surface area contributed by atoms with Crippen LogP contribution in [0.5, 0.6) is 0 Å². The molecular weight excluding hydrogens is 452 g/mol. The second-order valence-corrected chi connectivity index (χ2v) is 10.7. The molecule has 0 spiro atoms. The molecule has 3 aromatic heterocycles. The number of hydrogen-bond donors (Lipinski definition) is 0. The van der Waals surface area contributed by atoms with Crippen LogP contribution in [0, 0.1) is 5.92 Å². The Hall–Kier alpha value is -3.23. The van der Waals surface area contributed by atoms with Gasteiger partial charge in [0.1, 0.15) is 5.82 Å². The van der Waals surface area contributed by atoms with Crippen LogP contribution in [-0.2, 0) is 11.8 Å². The predicted octanol–water partition coefficient (Wildman–Crippen LogP) is 3.69. The lowest BCUT2D eigenvalue weighted by molar-refractivity contribution is 0.00635. The molecule has 0 bridgehead atoms. The van der Waals surface area contributed by atoms with E-state index in [0.717, 1.165) is 71.4 Å². The Morgan fingerprint density at radius 3 is 2.61 bits per heavy atom. The van der Waals surface area contributed by atoms with Crippen molar-refractivity contribution in [2.45, 2.75) is 31.4 Å². The number of methoxy groups -OCH3 is 1. The van der Waals surface area contributed by atoms with Crippen LogP contribution < -0.4 is 10.6 Å². The third-order valence-corrected chi connectivity index (χ3v) is 8.00. The van der Waals surface area contributed by atoms with Gasteiger partial charge in [-0.1, -0.05) is 6.07 Å². The minimum atomic E-state index is 0.00783. The van der Waals surface area contributed by atoms with E-state index in [2.05, 4.69) is 53.1 Å². The average molecular weight is 487 g/mol. The Kier molecular flexibility index (Phi) is 5.80. The van der Waals surface area contributed by atoms with Gasteiger partial charge in [-0.2, -0.15) is 0 Å². The molecule has 6 rings (SSSR count). The van der Waals surface area contributed by atoms with Crippen molar-refractivity contribution in [3.8, 4) is 11.1 Å². The van der Waals surface area contributed by atoms with E-state index in [4.69, 9.17) is 9.72 Å². The van der Waals surface area contributed by atoms with Gasteiger partial charge in [-0.25, -0.2) is 9.78 Å². The van der Waals surface area contributed by atoms with Gasteiger partial charge in [0.25, 0.3) is 0 Å². The number of anilines is 1. The monoisotopic (exact) mass is 486 g/mol. The third kappa shape index (κ3) is 3.89. The fraction of sp³-hybridized carbons (Fsp3) is 0.464. The molecule has 1 saturated heterocycles. The van der Waals surface area contributed by atoms with E-state index < -0.39 is 0 Å². The molecule has 1 aliphatic carbocycles. The van der Waals surface area contributed by atoms with Crippen LogP contribution >= 0.6 is 0 Å². The van der Waals surface area contributed by atoms with E-state index in [0.29, 0.717) is 5.92 Å². The maximum Gasteiger partial charge on any atom is 0.329 e. The minimum Gasteiger partial charge on any atom is -0.381 e. The molecule has 4 heterocycles. The van der Waals surface area contributed by atoms with Crippen molar-refractivity contribution in [3.05, 3.63) is 53.2 Å². The van der Waals surface area contributed by atoms with Gasteiger partial charge in [0.2, 0.25) is 0 Å². The summed E-state index contributed by atoms with van der Waals surface area (Å²) in [6.45, 7) is 3.23. The van der Waals surface area contributed by atoms with Crippen molar-refractivity contribution >= 4 is 27.8 Å². The van der Waals surface area contributed by atoms with Gasteiger partial charge >= 0.3 is 5.69 Å². The first kappa shape index (κ1) is 23.2. The molecule has 8 heteroatoms. The topological polar surface area (TPSA) is 68.4 Å². The van der Waals surface area contributed by atoms with Crippen molar-refractivity contribution in [2.75, 3.05) is 45.7 Å². The van der Waals surface area contributed by atoms with Crippen molar-refractivity contribution in [2.24, 2.45) is 13.0 Å². The van der Waals surface area contributed by atoms with Gasteiger partial charge in [-0.05, 0) is 69.1 Å². The maximum absolute atomic E-state index is 13.2. The first-order valence-corrected chi connectivity index (χ1v) is 12.8. The van der Waals surface area contributed by atoms with Crippen LogP contribution in [0.3, 0.4) is 0 Å². The molecule has 4 aromatic rings. The Balaban J connectivity index is 1.35. The Morgan fingerprint density at radius 1 is 1.08 bits per heavy atom. The summed E-state index contributed by atoms with van der Waals surface area (Å²) in [4.78, 5) is 27.3. The summed E-state index contributed by atoms with van der Waals surface area (Å²) in [5, 5.41) is 0.999. The molecule has 0 amide bonds. The van der Waals surface area contributed by atoms with Gasteiger partial charge in [0.15, 0.2) is 0 Å². The number of hydrogen-bond acceptors (Lipinski definition) is 6. The predicted molar refractivity (Wildman–Crippen MR) is 144 cm³/mol. The van der Waals surface area contributed by atoms with E-state index in [9.17, 15) is 4.79 Å². The Bertz CT molecular complexity index is 1470. The van der Waals surface area contributed by atoms with Crippen molar-refractivity contribution in [1.82, 2.24) is 24.0 Å². The largest absolute Gasteiger partial charge is 0.381 e. The van der Waals surface area contributed by atoms with E-state index in [1.807, 2.05) is 30.1 Å². The number of fused-ring (bicyclic) bond motifs is 3. The van der Waals surface area contributed by atoms with Gasteiger partial charge in [-0.3, -0.25) is 14.1 Å². The van der Waals surface area contributed by atoms with Crippen molar-refractivity contribution < 1.29 is 4.74 Å². The molecule has 0 N–H and O–H groups in total. The van der Waals surface area contributed by atoms with E-state index in [1.54, 1.807) is 11.7 Å². The van der Waals surface area contributed by atoms with Gasteiger partial charge in [-0.15, -0.1) is 0 Å². The van der Waals surface area contributed by atoms with Crippen LogP contribution in [0.4, 0.5) is 5.82 Å². The minimum absolute atomic E-state index is 0.00783. The SMILES string of the molecule is CO[C@H]1C[C@H](n2c(=O)n(C)c3cnc4ccc(-c5ccc(N6CC[C@@H](CN(C)C)C6)nc5)cc4c32)C1. The fourth-order valence-electron chi connectivity index (χ4n) is 5.94. The first-order chi connectivity index (χ1) is 17.4. The normalized spacial score (nSPS) is 22.1. The molecule has 1 atom stereocenters. The number of pyridine rings is 2. The van der Waals surface area contributed by atoms with Gasteiger partial charge in [0, 0.05) is 57.0 Å². The second kappa shape index (κ2) is 9.01. The summed E-state index contributed by atoms with van der Waals surface area (Å²) in [6.07, 6.45) is 6.93. The lowest BCUT2D eigenvalue weighted by Gasteiger charge is -2.34. The summed E-state index contributed by atoms with van der Waals surface area (Å²) in [5.74, 6) is 1.73. The second-order valence-electron chi connectivity index (χ2n) is 10.7. The molecule has 0 radical (unpaired) electrons. The van der Waals surface area contributed by atoms with Crippen LogP contribution in [0.15, 0.2) is 47.5 Å². The zero-order chi connectivity index (χ0) is 25.0. The number of aromatic nitrogens is 4. The van der Waals surface area contributed by atoms with Crippen LogP contribution in [0.2, 0.25) is 0 Å². The third-order valence-electron chi connectivity index (χ3n) is 8.00. The quantitative estimate of drug-likeness (QED) is 0.414. The van der Waals surface area contributed by atoms with Crippen LogP contribution in [0.25, 0.3) is 33.1 Å². The first-order valence-electron chi connectivity index (χ1n) is 12.8.